The van der Waals surface area contributed by atoms with Crippen LogP contribution in [0, 0.1) is 0 Å². The third-order valence-electron chi connectivity index (χ3n) is 3.10. The van der Waals surface area contributed by atoms with Gasteiger partial charge in [-0.15, -0.1) is 0 Å². The van der Waals surface area contributed by atoms with Gasteiger partial charge in [0.05, 0.1) is 0 Å². The molecule has 1 radical (unpaired) electrons. The fourth-order valence-electron chi connectivity index (χ4n) is 2.24. The average molecular weight is 181 g/mol. The lowest BCUT2D eigenvalue weighted by Crippen LogP contribution is -2.18. The van der Waals surface area contributed by atoms with Crippen LogP contribution >= 0.6 is 0 Å². The zero-order chi connectivity index (χ0) is 8.93. The zero-order valence-electron chi connectivity index (χ0n) is 8.21. The summed E-state index contributed by atoms with van der Waals surface area (Å²) in [4.78, 5) is 0. The molecule has 0 N–H and O–H groups in total. The molecule has 2 aliphatic carbocycles. The predicted octanol–water partition coefficient (Wildman–Crippen LogP) is 2.44. The van der Waals surface area contributed by atoms with E-state index in [1.54, 1.807) is 7.69 Å². The van der Waals surface area contributed by atoms with E-state index in [1.807, 2.05) is 0 Å². The maximum atomic E-state index is 5.52. The first-order valence-electron chi connectivity index (χ1n) is 5.58. The van der Waals surface area contributed by atoms with Gasteiger partial charge in [-0.3, -0.25) is 0 Å². The topological polar surface area (TPSA) is 18.5 Å². The molecule has 0 aromatic heterocycles. The van der Waals surface area contributed by atoms with E-state index in [0.29, 0.717) is 12.2 Å². The van der Waals surface area contributed by atoms with Crippen LogP contribution in [0.3, 0.4) is 0 Å². The molecule has 0 heterocycles. The van der Waals surface area contributed by atoms with Crippen LogP contribution in [0.4, 0.5) is 0 Å². The van der Waals surface area contributed by atoms with E-state index in [0.717, 1.165) is 0 Å². The molecule has 73 valence electrons. The quantitative estimate of drug-likeness (QED) is 0.620. The van der Waals surface area contributed by atoms with Gasteiger partial charge in [0.25, 0.3) is 0 Å². The molecule has 0 aromatic carbocycles. The Hall–Kier alpha value is -0.0151. The molecule has 0 amide bonds. The first-order chi connectivity index (χ1) is 6.45. The zero-order valence-corrected chi connectivity index (χ0v) is 8.21. The molecule has 2 saturated carbocycles. The maximum Gasteiger partial charge on any atom is 0.488 e. The number of rotatable bonds is 4. The van der Waals surface area contributed by atoms with E-state index >= 15 is 0 Å². The van der Waals surface area contributed by atoms with Gasteiger partial charge in [0.15, 0.2) is 0 Å². The van der Waals surface area contributed by atoms with E-state index in [-0.39, 0.29) is 0 Å². The van der Waals surface area contributed by atoms with E-state index in [1.165, 1.54) is 51.4 Å². The molecule has 0 aromatic rings. The van der Waals surface area contributed by atoms with Gasteiger partial charge in [-0.2, -0.15) is 0 Å². The lowest BCUT2D eigenvalue weighted by Gasteiger charge is -2.13. The van der Waals surface area contributed by atoms with Gasteiger partial charge < -0.3 is 9.31 Å². The summed E-state index contributed by atoms with van der Waals surface area (Å²) in [5.41, 5.74) is 0. The van der Waals surface area contributed by atoms with Crippen molar-refractivity contribution in [1.82, 2.24) is 0 Å². The van der Waals surface area contributed by atoms with Crippen molar-refractivity contribution < 1.29 is 9.31 Å². The minimum atomic E-state index is 0.446. The molecular weight excluding hydrogens is 163 g/mol. The predicted molar refractivity (Wildman–Crippen MR) is 52.4 cm³/mol. The largest absolute Gasteiger partial charge is 0.488 e. The van der Waals surface area contributed by atoms with Gasteiger partial charge in [-0.25, -0.2) is 0 Å². The van der Waals surface area contributed by atoms with Gasteiger partial charge in [-0.05, 0) is 25.7 Å². The Bertz CT molecular complexity index is 124. The molecule has 0 spiro atoms. The van der Waals surface area contributed by atoms with E-state index in [9.17, 15) is 0 Å². The van der Waals surface area contributed by atoms with Crippen LogP contribution in [0.2, 0.25) is 0 Å². The third kappa shape index (κ3) is 2.99. The highest BCUT2D eigenvalue weighted by atomic mass is 16.6. The Morgan fingerprint density at radius 1 is 0.692 bits per heavy atom. The molecule has 0 saturated heterocycles. The average Bonchev–Trinajstić information content (AvgIpc) is 2.75. The Morgan fingerprint density at radius 3 is 1.46 bits per heavy atom. The minimum Gasteiger partial charge on any atom is -0.410 e. The van der Waals surface area contributed by atoms with Crippen molar-refractivity contribution in [2.24, 2.45) is 0 Å². The first kappa shape index (κ1) is 9.54. The van der Waals surface area contributed by atoms with E-state index < -0.39 is 0 Å². The third-order valence-corrected chi connectivity index (χ3v) is 3.10. The summed E-state index contributed by atoms with van der Waals surface area (Å²) in [6.07, 6.45) is 11.0. The fraction of sp³-hybridized carbons (Fsp3) is 1.00. The highest BCUT2D eigenvalue weighted by Crippen LogP contribution is 2.22. The Labute approximate surface area is 81.3 Å². The molecule has 2 fully saturated rings. The Morgan fingerprint density at radius 2 is 1.08 bits per heavy atom. The molecule has 0 bridgehead atoms. The minimum absolute atomic E-state index is 0.446. The van der Waals surface area contributed by atoms with Crippen molar-refractivity contribution in [3.8, 4) is 0 Å². The summed E-state index contributed by atoms with van der Waals surface area (Å²) < 4.78 is 11.0. The molecule has 0 aliphatic heterocycles. The highest BCUT2D eigenvalue weighted by molar-refractivity contribution is 6.18. The normalized spacial score (nSPS) is 25.5. The van der Waals surface area contributed by atoms with Crippen LogP contribution in [0.5, 0.6) is 0 Å². The standard InChI is InChI=1S/C10H18BO2/c1-2-6-9(5-1)12-11-13-10-7-3-4-8-10/h9-10H,1-8H2. The second-order valence-electron chi connectivity index (χ2n) is 4.18. The van der Waals surface area contributed by atoms with Crippen LogP contribution < -0.4 is 0 Å². The SMILES string of the molecule is [B](OC1CCCC1)OC1CCCC1. The van der Waals surface area contributed by atoms with Crippen LogP contribution in [-0.4, -0.2) is 19.9 Å². The summed E-state index contributed by atoms with van der Waals surface area (Å²) in [6.45, 7) is 0. The van der Waals surface area contributed by atoms with Gasteiger partial charge >= 0.3 is 7.69 Å². The smallest absolute Gasteiger partial charge is 0.410 e. The van der Waals surface area contributed by atoms with Gasteiger partial charge in [0.1, 0.15) is 0 Å². The van der Waals surface area contributed by atoms with Gasteiger partial charge in [0.2, 0.25) is 0 Å². The summed E-state index contributed by atoms with van der Waals surface area (Å²) in [6, 6.07) is 0. The van der Waals surface area contributed by atoms with Crippen molar-refractivity contribution in [3.63, 3.8) is 0 Å². The van der Waals surface area contributed by atoms with E-state index in [2.05, 4.69) is 0 Å². The van der Waals surface area contributed by atoms with Crippen molar-refractivity contribution in [2.75, 3.05) is 0 Å². The lowest BCUT2D eigenvalue weighted by atomic mass is 10.2. The van der Waals surface area contributed by atoms with Gasteiger partial charge in [-0.1, -0.05) is 25.7 Å². The molecule has 13 heavy (non-hydrogen) atoms. The van der Waals surface area contributed by atoms with Crippen LogP contribution in [0.15, 0.2) is 0 Å². The van der Waals surface area contributed by atoms with Crippen LogP contribution in [0.25, 0.3) is 0 Å². The van der Waals surface area contributed by atoms with Crippen molar-refractivity contribution >= 4 is 7.69 Å². The molecule has 2 aliphatic rings. The lowest BCUT2D eigenvalue weighted by molar-refractivity contribution is 0.124. The molecule has 0 atom stereocenters. The van der Waals surface area contributed by atoms with Crippen molar-refractivity contribution in [2.45, 2.75) is 63.6 Å². The molecule has 0 unspecified atom stereocenters. The molecule has 2 nitrogen and oxygen atoms in total. The maximum absolute atomic E-state index is 5.52. The Balaban J connectivity index is 1.52. The highest BCUT2D eigenvalue weighted by Gasteiger charge is 2.19. The van der Waals surface area contributed by atoms with Gasteiger partial charge in [0, 0.05) is 12.2 Å². The first-order valence-corrected chi connectivity index (χ1v) is 5.58. The second-order valence-corrected chi connectivity index (χ2v) is 4.18. The summed E-state index contributed by atoms with van der Waals surface area (Å²) >= 11 is 0. The Kier molecular flexibility index (Phi) is 3.68. The number of hydrogen-bond acceptors (Lipinski definition) is 2. The molecule has 2 rings (SSSR count). The monoisotopic (exact) mass is 181 g/mol. The fourth-order valence-corrected chi connectivity index (χ4v) is 2.24. The summed E-state index contributed by atoms with van der Waals surface area (Å²) in [5.74, 6) is 0. The van der Waals surface area contributed by atoms with Crippen LogP contribution in [-0.2, 0) is 9.31 Å². The molecular formula is C10H18BO2. The van der Waals surface area contributed by atoms with E-state index in [4.69, 9.17) is 9.31 Å². The summed E-state index contributed by atoms with van der Waals surface area (Å²) in [7, 11) is 1.60. The molecule has 3 heteroatoms. The van der Waals surface area contributed by atoms with Crippen molar-refractivity contribution in [3.05, 3.63) is 0 Å². The van der Waals surface area contributed by atoms with Crippen LogP contribution in [0.1, 0.15) is 51.4 Å². The summed E-state index contributed by atoms with van der Waals surface area (Å²) in [5, 5.41) is 0. The van der Waals surface area contributed by atoms with Crippen molar-refractivity contribution in [1.29, 1.82) is 0 Å². The second kappa shape index (κ2) is 5.01. The number of hydrogen-bond donors (Lipinski definition) is 0.